The van der Waals surface area contributed by atoms with Gasteiger partial charge in [-0.15, -0.1) is 0 Å². The lowest BCUT2D eigenvalue weighted by molar-refractivity contribution is 0.107. The molecule has 0 bridgehead atoms. The molecule has 0 aromatic carbocycles. The summed E-state index contributed by atoms with van der Waals surface area (Å²) in [5.41, 5.74) is -0.350. The van der Waals surface area contributed by atoms with Crippen molar-refractivity contribution in [3.05, 3.63) is 17.2 Å². The Morgan fingerprint density at radius 2 is 2.28 bits per heavy atom. The smallest absolute Gasteiger partial charge is 0.320 e. The highest BCUT2D eigenvalue weighted by Crippen LogP contribution is 2.40. The van der Waals surface area contributed by atoms with Gasteiger partial charge in [0.1, 0.15) is 18.3 Å². The summed E-state index contributed by atoms with van der Waals surface area (Å²) in [5.74, 6) is -0.603. The Hall–Kier alpha value is -1.80. The van der Waals surface area contributed by atoms with E-state index in [2.05, 4.69) is 19.9 Å². The number of halogens is 3. The lowest BCUT2D eigenvalue weighted by Gasteiger charge is -2.30. The van der Waals surface area contributed by atoms with Gasteiger partial charge in [0, 0.05) is 19.2 Å². The van der Waals surface area contributed by atoms with Crippen LogP contribution < -0.4 is 9.47 Å². The number of nitrogens with zero attached hydrogens (tertiary/aromatic N) is 4. The molecule has 6 nitrogen and oxygen atoms in total. The van der Waals surface area contributed by atoms with E-state index in [1.807, 2.05) is 0 Å². The summed E-state index contributed by atoms with van der Waals surface area (Å²) in [6.45, 7) is 1.55. The van der Waals surface area contributed by atoms with Crippen molar-refractivity contribution in [2.24, 2.45) is 0 Å². The van der Waals surface area contributed by atoms with Gasteiger partial charge in [0.15, 0.2) is 11.0 Å². The Kier molecular flexibility index (Phi) is 4.11. The van der Waals surface area contributed by atoms with Crippen LogP contribution in [-0.4, -0.2) is 58.4 Å². The third-order valence-electron chi connectivity index (χ3n) is 5.01. The van der Waals surface area contributed by atoms with E-state index in [4.69, 9.17) is 21.1 Å². The Morgan fingerprint density at radius 3 is 3.08 bits per heavy atom. The van der Waals surface area contributed by atoms with E-state index in [1.165, 1.54) is 13.3 Å². The lowest BCUT2D eigenvalue weighted by Crippen LogP contribution is -2.43. The molecular formula is C16H17ClF2N4O2. The molecule has 0 unspecified atom stereocenters. The quantitative estimate of drug-likeness (QED) is 0.771. The minimum Gasteiger partial charge on any atom is -0.480 e. The first-order valence-electron chi connectivity index (χ1n) is 8.10. The summed E-state index contributed by atoms with van der Waals surface area (Å²) in [7, 11) is 1.42. The van der Waals surface area contributed by atoms with E-state index >= 15 is 0 Å². The molecule has 2 fully saturated rings. The molecule has 4 rings (SSSR count). The van der Waals surface area contributed by atoms with Crippen molar-refractivity contribution < 1.29 is 18.3 Å². The van der Waals surface area contributed by atoms with Gasteiger partial charge in [-0.3, -0.25) is 4.90 Å². The molecule has 25 heavy (non-hydrogen) atoms. The molecular weight excluding hydrogens is 354 g/mol. The maximum Gasteiger partial charge on any atom is 0.320 e. The third-order valence-corrected chi connectivity index (χ3v) is 5.27. The van der Waals surface area contributed by atoms with Gasteiger partial charge in [0.05, 0.1) is 18.0 Å². The fraction of sp³-hybridized carbons (Fsp3) is 0.562. The van der Waals surface area contributed by atoms with Crippen LogP contribution >= 0.6 is 11.6 Å². The van der Waals surface area contributed by atoms with Crippen LogP contribution in [0, 0.1) is 5.82 Å². The van der Waals surface area contributed by atoms with E-state index in [0.29, 0.717) is 18.4 Å². The number of alkyl halides is 1. The topological polar surface area (TPSA) is 60.4 Å². The molecule has 134 valence electrons. The first-order chi connectivity index (χ1) is 12.0. The highest BCUT2D eigenvalue weighted by atomic mass is 35.5. The van der Waals surface area contributed by atoms with Gasteiger partial charge in [-0.05, 0) is 19.4 Å². The highest BCUT2D eigenvalue weighted by molar-refractivity contribution is 6.30. The maximum absolute atomic E-state index is 14.2. The van der Waals surface area contributed by atoms with Crippen molar-refractivity contribution in [2.45, 2.75) is 31.0 Å². The van der Waals surface area contributed by atoms with Crippen LogP contribution in [0.3, 0.4) is 0 Å². The summed E-state index contributed by atoms with van der Waals surface area (Å²) in [4.78, 5) is 14.1. The minimum absolute atomic E-state index is 0.0163. The Labute approximate surface area is 148 Å². The minimum atomic E-state index is -0.849. The molecule has 9 heteroatoms. The van der Waals surface area contributed by atoms with E-state index < -0.39 is 12.0 Å². The Bertz CT molecular complexity index is 824. The molecule has 4 heterocycles. The predicted octanol–water partition coefficient (Wildman–Crippen LogP) is 2.78. The number of fused-ring (bicyclic) bond motifs is 2. The molecule has 2 aliphatic rings. The van der Waals surface area contributed by atoms with Crippen LogP contribution in [0.5, 0.6) is 11.9 Å². The van der Waals surface area contributed by atoms with Crippen LogP contribution in [0.25, 0.3) is 10.9 Å². The number of hydrogen-bond donors (Lipinski definition) is 0. The van der Waals surface area contributed by atoms with Gasteiger partial charge in [0.2, 0.25) is 5.88 Å². The Balaban J connectivity index is 1.64. The van der Waals surface area contributed by atoms with Crippen LogP contribution in [-0.2, 0) is 0 Å². The van der Waals surface area contributed by atoms with E-state index in [-0.39, 0.29) is 34.7 Å². The number of ether oxygens (including phenoxy) is 2. The number of pyridine rings is 1. The number of hydrogen-bond acceptors (Lipinski definition) is 6. The summed E-state index contributed by atoms with van der Waals surface area (Å²) < 4.78 is 39.0. The van der Waals surface area contributed by atoms with Crippen LogP contribution in [0.4, 0.5) is 8.78 Å². The molecule has 2 aromatic heterocycles. The first-order valence-corrected chi connectivity index (χ1v) is 8.48. The normalized spacial score (nSPS) is 26.2. The molecule has 0 amide bonds. The van der Waals surface area contributed by atoms with Crippen molar-refractivity contribution in [3.63, 3.8) is 0 Å². The summed E-state index contributed by atoms with van der Waals surface area (Å²) in [6, 6.07) is -0.0194. The summed E-state index contributed by atoms with van der Waals surface area (Å²) in [5, 5.41) is 0.0259. The van der Waals surface area contributed by atoms with Gasteiger partial charge >= 0.3 is 6.01 Å². The molecule has 2 atom stereocenters. The average Bonchev–Trinajstić information content (AvgIpc) is 3.11. The third kappa shape index (κ3) is 2.77. The van der Waals surface area contributed by atoms with Gasteiger partial charge in [-0.1, -0.05) is 11.6 Å². The molecule has 0 radical (unpaired) electrons. The molecule has 0 saturated carbocycles. The van der Waals surface area contributed by atoms with Gasteiger partial charge in [-0.25, -0.2) is 13.8 Å². The fourth-order valence-electron chi connectivity index (χ4n) is 3.86. The number of rotatable bonds is 4. The second kappa shape index (κ2) is 6.17. The molecule has 2 saturated heterocycles. The molecule has 2 aromatic rings. The first kappa shape index (κ1) is 16.7. The highest BCUT2D eigenvalue weighted by Gasteiger charge is 2.49. The molecule has 2 aliphatic heterocycles. The second-order valence-electron chi connectivity index (χ2n) is 6.50. The largest absolute Gasteiger partial charge is 0.480 e. The SMILES string of the molecule is COc1nc(OC[C@@]23CCCN2C[C@H](F)C3)nc2c(F)c(Cl)ncc12. The molecule has 0 spiro atoms. The molecule has 0 N–H and O–H groups in total. The summed E-state index contributed by atoms with van der Waals surface area (Å²) >= 11 is 5.73. The average molecular weight is 371 g/mol. The standard InChI is InChI=1S/C16H17ClF2N4O2/c1-24-14-10-6-20-13(17)11(19)12(10)21-15(22-14)25-8-16-3-2-4-23(16)7-9(18)5-16/h6,9H,2-5,7-8H2,1H3/t9-,16+/m1/s1. The van der Waals surface area contributed by atoms with Crippen molar-refractivity contribution in [3.8, 4) is 11.9 Å². The maximum atomic E-state index is 14.2. The zero-order valence-electron chi connectivity index (χ0n) is 13.6. The van der Waals surface area contributed by atoms with Crippen molar-refractivity contribution in [1.82, 2.24) is 19.9 Å². The van der Waals surface area contributed by atoms with E-state index in [1.54, 1.807) is 0 Å². The van der Waals surface area contributed by atoms with Crippen molar-refractivity contribution in [1.29, 1.82) is 0 Å². The zero-order chi connectivity index (χ0) is 17.6. The second-order valence-corrected chi connectivity index (χ2v) is 6.86. The summed E-state index contributed by atoms with van der Waals surface area (Å²) in [6.07, 6.45) is 2.81. The lowest BCUT2D eigenvalue weighted by atomic mass is 9.95. The number of aromatic nitrogens is 3. The fourth-order valence-corrected chi connectivity index (χ4v) is 3.99. The molecule has 0 aliphatic carbocycles. The van der Waals surface area contributed by atoms with Crippen LogP contribution in [0.2, 0.25) is 5.15 Å². The number of methoxy groups -OCH3 is 1. The van der Waals surface area contributed by atoms with E-state index in [0.717, 1.165) is 19.4 Å². The van der Waals surface area contributed by atoms with Gasteiger partial charge in [0.25, 0.3) is 0 Å². The van der Waals surface area contributed by atoms with E-state index in [9.17, 15) is 8.78 Å². The monoisotopic (exact) mass is 370 g/mol. The van der Waals surface area contributed by atoms with Gasteiger partial charge in [-0.2, -0.15) is 9.97 Å². The van der Waals surface area contributed by atoms with Crippen LogP contribution in [0.15, 0.2) is 6.20 Å². The van der Waals surface area contributed by atoms with Crippen LogP contribution in [0.1, 0.15) is 19.3 Å². The van der Waals surface area contributed by atoms with Crippen molar-refractivity contribution >= 4 is 22.5 Å². The predicted molar refractivity (Wildman–Crippen MR) is 87.4 cm³/mol. The van der Waals surface area contributed by atoms with Crippen molar-refractivity contribution in [2.75, 3.05) is 26.8 Å². The van der Waals surface area contributed by atoms with Gasteiger partial charge < -0.3 is 9.47 Å². The Morgan fingerprint density at radius 1 is 1.44 bits per heavy atom. The zero-order valence-corrected chi connectivity index (χ0v) is 14.4.